The van der Waals surface area contributed by atoms with Crippen molar-refractivity contribution < 1.29 is 38.1 Å². The number of rotatable bonds is 10. The van der Waals surface area contributed by atoms with Crippen LogP contribution in [0.25, 0.3) is 0 Å². The number of nitrogens with two attached hydrogens (primary N) is 1. The molecule has 3 N–H and O–H groups in total. The van der Waals surface area contributed by atoms with Crippen molar-refractivity contribution in [3.8, 4) is 11.5 Å². The predicted octanol–water partition coefficient (Wildman–Crippen LogP) is 2.66. The number of nitrogens with one attached hydrogen (secondary N) is 1. The zero-order chi connectivity index (χ0) is 26.3. The minimum atomic E-state index is -1.40. The molecule has 0 radical (unpaired) electrons. The Morgan fingerprint density at radius 3 is 1.82 bits per heavy atom. The zero-order valence-electron chi connectivity index (χ0n) is 21.1. The van der Waals surface area contributed by atoms with Crippen LogP contribution >= 0.6 is 0 Å². The molecule has 0 bridgehead atoms. The van der Waals surface area contributed by atoms with E-state index in [1.165, 1.54) is 19.1 Å². The smallest absolute Gasteiger partial charge is 0.330 e. The lowest BCUT2D eigenvalue weighted by Gasteiger charge is -2.27. The molecule has 10 heteroatoms. The van der Waals surface area contributed by atoms with Crippen molar-refractivity contribution in [3.05, 3.63) is 23.8 Å². The summed E-state index contributed by atoms with van der Waals surface area (Å²) in [4.78, 5) is 48.7. The molecule has 10 nitrogen and oxygen atoms in total. The van der Waals surface area contributed by atoms with E-state index < -0.39 is 47.5 Å². The average Bonchev–Trinajstić information content (AvgIpc) is 2.74. The Bertz CT molecular complexity index is 905. The second-order valence-corrected chi connectivity index (χ2v) is 9.82. The van der Waals surface area contributed by atoms with Crippen LogP contribution in [0.3, 0.4) is 0 Å². The number of benzene rings is 1. The normalized spacial score (nSPS) is 13.3. The highest BCUT2D eigenvalue weighted by Gasteiger charge is 2.35. The second kappa shape index (κ2) is 11.9. The first-order valence-electron chi connectivity index (χ1n) is 11.0. The Morgan fingerprint density at radius 1 is 0.853 bits per heavy atom. The molecule has 0 fully saturated rings. The molecule has 1 atom stereocenters. The van der Waals surface area contributed by atoms with E-state index in [1.807, 2.05) is 0 Å². The summed E-state index contributed by atoms with van der Waals surface area (Å²) in [6.07, 6.45) is 0.0280. The number of carbonyl (C=O) groups is 4. The van der Waals surface area contributed by atoms with Crippen molar-refractivity contribution >= 4 is 23.9 Å². The van der Waals surface area contributed by atoms with E-state index in [4.69, 9.17) is 24.8 Å². The van der Waals surface area contributed by atoms with Crippen LogP contribution in [-0.4, -0.2) is 36.2 Å². The summed E-state index contributed by atoms with van der Waals surface area (Å²) in [6.45, 7) is 12.7. The lowest BCUT2D eigenvalue weighted by Crippen LogP contribution is -2.55. The molecule has 0 spiro atoms. The van der Waals surface area contributed by atoms with Crippen molar-refractivity contribution in [2.24, 2.45) is 23.1 Å². The number of hydrogen-bond donors (Lipinski definition) is 2. The molecule has 0 aliphatic heterocycles. The Labute approximate surface area is 200 Å². The molecule has 0 aliphatic rings. The molecule has 0 heterocycles. The fourth-order valence-electron chi connectivity index (χ4n) is 2.38. The van der Waals surface area contributed by atoms with E-state index in [-0.39, 0.29) is 23.8 Å². The molecule has 0 amide bonds. The van der Waals surface area contributed by atoms with Gasteiger partial charge in [0.05, 0.1) is 17.3 Å². The Morgan fingerprint density at radius 2 is 1.35 bits per heavy atom. The van der Waals surface area contributed by atoms with Gasteiger partial charge < -0.3 is 18.9 Å². The van der Waals surface area contributed by atoms with Crippen LogP contribution in [0.15, 0.2) is 18.2 Å². The van der Waals surface area contributed by atoms with Crippen molar-refractivity contribution in [2.75, 3.05) is 6.79 Å². The van der Waals surface area contributed by atoms with Gasteiger partial charge in [-0.1, -0.05) is 33.8 Å². The van der Waals surface area contributed by atoms with Crippen molar-refractivity contribution in [1.29, 1.82) is 0 Å². The molecule has 34 heavy (non-hydrogen) atoms. The lowest BCUT2D eigenvalue weighted by molar-refractivity contribution is -0.176. The van der Waals surface area contributed by atoms with E-state index in [9.17, 15) is 19.2 Å². The SMILES string of the molecule is CC(C)C(=O)Oc1ccc(C[C@](C)(NN)C(=O)OCOC(=O)C(C)(C)C)cc1OC(=O)C(C)C. The molecule has 0 unspecified atom stereocenters. The van der Waals surface area contributed by atoms with Crippen molar-refractivity contribution in [2.45, 2.75) is 67.3 Å². The number of hydrogen-bond acceptors (Lipinski definition) is 10. The van der Waals surface area contributed by atoms with Crippen LogP contribution < -0.4 is 20.7 Å². The van der Waals surface area contributed by atoms with E-state index in [0.717, 1.165) is 0 Å². The van der Waals surface area contributed by atoms with Gasteiger partial charge in [-0.2, -0.15) is 0 Å². The highest BCUT2D eigenvalue weighted by molar-refractivity contribution is 5.81. The van der Waals surface area contributed by atoms with Gasteiger partial charge in [0.15, 0.2) is 11.5 Å². The van der Waals surface area contributed by atoms with Gasteiger partial charge in [-0.3, -0.25) is 20.2 Å². The molecular formula is C24H36N2O8. The highest BCUT2D eigenvalue weighted by Crippen LogP contribution is 2.31. The predicted molar refractivity (Wildman–Crippen MR) is 123 cm³/mol. The van der Waals surface area contributed by atoms with Gasteiger partial charge in [0.25, 0.3) is 0 Å². The number of esters is 4. The van der Waals surface area contributed by atoms with Crippen LogP contribution in [0.1, 0.15) is 61.0 Å². The number of hydrazine groups is 1. The largest absolute Gasteiger partial charge is 0.427 e. The van der Waals surface area contributed by atoms with Gasteiger partial charge >= 0.3 is 23.9 Å². The highest BCUT2D eigenvalue weighted by atomic mass is 16.7. The summed E-state index contributed by atoms with van der Waals surface area (Å²) < 4.78 is 20.8. The maximum atomic E-state index is 12.7. The Balaban J connectivity index is 3.08. The van der Waals surface area contributed by atoms with Gasteiger partial charge in [-0.15, -0.1) is 0 Å². The minimum Gasteiger partial charge on any atom is -0.427 e. The summed E-state index contributed by atoms with van der Waals surface area (Å²) in [5.41, 5.74) is 0.826. The summed E-state index contributed by atoms with van der Waals surface area (Å²) in [5.74, 6) is 2.66. The molecule has 1 aromatic carbocycles. The van der Waals surface area contributed by atoms with Crippen LogP contribution in [0.5, 0.6) is 11.5 Å². The van der Waals surface area contributed by atoms with E-state index >= 15 is 0 Å². The molecule has 1 rings (SSSR count). The zero-order valence-corrected chi connectivity index (χ0v) is 21.1. The third-order valence-electron chi connectivity index (χ3n) is 4.69. The van der Waals surface area contributed by atoms with Crippen LogP contribution in [0.2, 0.25) is 0 Å². The minimum absolute atomic E-state index is 0.0280. The van der Waals surface area contributed by atoms with Crippen molar-refractivity contribution in [1.82, 2.24) is 5.43 Å². The van der Waals surface area contributed by atoms with Crippen LogP contribution in [0.4, 0.5) is 0 Å². The van der Waals surface area contributed by atoms with E-state index in [0.29, 0.717) is 5.56 Å². The first kappa shape index (κ1) is 29.1. The van der Waals surface area contributed by atoms with E-state index in [1.54, 1.807) is 54.5 Å². The molecule has 0 aromatic heterocycles. The lowest BCUT2D eigenvalue weighted by atomic mass is 9.93. The molecule has 0 saturated heterocycles. The monoisotopic (exact) mass is 480 g/mol. The third-order valence-corrected chi connectivity index (χ3v) is 4.69. The van der Waals surface area contributed by atoms with Crippen molar-refractivity contribution in [3.63, 3.8) is 0 Å². The standard InChI is InChI=1S/C24H36N2O8/c1-14(2)19(27)33-17-10-9-16(11-18(17)34-20(28)15(3)4)12-24(8,26-25)22(30)32-13-31-21(29)23(5,6)7/h9-11,14-15,26H,12-13,25H2,1-8H3/t24-/m0/s1. The fraction of sp³-hybridized carbons (Fsp3) is 0.583. The summed E-state index contributed by atoms with van der Waals surface area (Å²) >= 11 is 0. The molecular weight excluding hydrogens is 444 g/mol. The van der Waals surface area contributed by atoms with Gasteiger partial charge in [0.2, 0.25) is 6.79 Å². The van der Waals surface area contributed by atoms with Gasteiger partial charge in [0, 0.05) is 6.42 Å². The van der Waals surface area contributed by atoms with Gasteiger partial charge in [-0.05, 0) is 45.4 Å². The van der Waals surface area contributed by atoms with Gasteiger partial charge in [-0.25, -0.2) is 10.2 Å². The Kier molecular flexibility index (Phi) is 10.2. The first-order chi connectivity index (χ1) is 15.6. The summed E-state index contributed by atoms with van der Waals surface area (Å²) in [5, 5.41) is 0. The molecule has 0 saturated carbocycles. The van der Waals surface area contributed by atoms with E-state index in [2.05, 4.69) is 5.43 Å². The van der Waals surface area contributed by atoms with Crippen LogP contribution in [0, 0.1) is 17.3 Å². The molecule has 1 aromatic rings. The second-order valence-electron chi connectivity index (χ2n) is 9.82. The van der Waals surface area contributed by atoms with Crippen LogP contribution in [-0.2, 0) is 35.1 Å². The molecule has 0 aliphatic carbocycles. The number of ether oxygens (including phenoxy) is 4. The Hall–Kier alpha value is -2.98. The topological polar surface area (TPSA) is 143 Å². The summed E-state index contributed by atoms with van der Waals surface area (Å²) in [6, 6.07) is 4.58. The third kappa shape index (κ3) is 8.42. The summed E-state index contributed by atoms with van der Waals surface area (Å²) in [7, 11) is 0. The average molecular weight is 481 g/mol. The quantitative estimate of drug-likeness (QED) is 0.169. The maximum Gasteiger partial charge on any atom is 0.330 e. The van der Waals surface area contributed by atoms with Gasteiger partial charge in [0.1, 0.15) is 5.54 Å². The molecule has 190 valence electrons. The fourth-order valence-corrected chi connectivity index (χ4v) is 2.38. The first-order valence-corrected chi connectivity index (χ1v) is 11.0. The number of carbonyl (C=O) groups excluding carboxylic acids is 4. The maximum absolute atomic E-state index is 12.7.